The van der Waals surface area contributed by atoms with E-state index in [1.807, 2.05) is 13.8 Å². The number of amides is 1. The number of rotatable bonds is 7. The van der Waals surface area contributed by atoms with E-state index >= 15 is 0 Å². The van der Waals surface area contributed by atoms with Gasteiger partial charge >= 0.3 is 0 Å². The van der Waals surface area contributed by atoms with E-state index < -0.39 is 10.0 Å². The van der Waals surface area contributed by atoms with Crippen molar-refractivity contribution in [3.63, 3.8) is 0 Å². The summed E-state index contributed by atoms with van der Waals surface area (Å²) in [6.07, 6.45) is 5.80. The molecule has 1 aromatic carbocycles. The predicted molar refractivity (Wildman–Crippen MR) is 101 cm³/mol. The zero-order valence-corrected chi connectivity index (χ0v) is 16.2. The maximum atomic E-state index is 12.4. The van der Waals surface area contributed by atoms with Crippen LogP contribution in [0.15, 0.2) is 24.3 Å². The van der Waals surface area contributed by atoms with E-state index in [1.165, 1.54) is 11.8 Å². The Morgan fingerprint density at radius 1 is 1.20 bits per heavy atom. The largest absolute Gasteiger partial charge is 0.356 e. The molecule has 2 N–H and O–H groups in total. The molecule has 3 unspecified atom stereocenters. The second-order valence-electron chi connectivity index (χ2n) is 7.38. The summed E-state index contributed by atoms with van der Waals surface area (Å²) in [7, 11) is -3.22. The molecule has 1 aliphatic rings. The van der Waals surface area contributed by atoms with E-state index in [1.54, 1.807) is 0 Å². The average molecular weight is 367 g/mol. The van der Waals surface area contributed by atoms with Crippen LogP contribution in [0, 0.1) is 18.8 Å². The molecule has 0 spiro atoms. The van der Waals surface area contributed by atoms with Crippen molar-refractivity contribution in [1.29, 1.82) is 0 Å². The van der Waals surface area contributed by atoms with Crippen LogP contribution in [-0.2, 0) is 21.2 Å². The lowest BCUT2D eigenvalue weighted by atomic mass is 9.85. The van der Waals surface area contributed by atoms with Crippen molar-refractivity contribution in [3.8, 4) is 0 Å². The first kappa shape index (κ1) is 19.9. The van der Waals surface area contributed by atoms with Gasteiger partial charge in [-0.2, -0.15) is 0 Å². The first-order valence-electron chi connectivity index (χ1n) is 9.05. The summed E-state index contributed by atoms with van der Waals surface area (Å²) >= 11 is 0. The number of sulfonamides is 1. The smallest absolute Gasteiger partial charge is 0.223 e. The predicted octanol–water partition coefficient (Wildman–Crippen LogP) is 2.40. The highest BCUT2D eigenvalue weighted by molar-refractivity contribution is 7.88. The lowest BCUT2D eigenvalue weighted by molar-refractivity contribution is -0.124. The number of nitrogens with one attached hydrogen (secondary N) is 2. The molecular weight excluding hydrogens is 336 g/mol. The molecule has 25 heavy (non-hydrogen) atoms. The lowest BCUT2D eigenvalue weighted by Gasteiger charge is -2.32. The van der Waals surface area contributed by atoms with Gasteiger partial charge in [-0.25, -0.2) is 13.1 Å². The van der Waals surface area contributed by atoms with Gasteiger partial charge in [-0.05, 0) is 37.7 Å². The van der Waals surface area contributed by atoms with Crippen LogP contribution in [0.1, 0.15) is 43.7 Å². The Labute approximate surface area is 151 Å². The monoisotopic (exact) mass is 366 g/mol. The Kier molecular flexibility index (Phi) is 7.02. The maximum Gasteiger partial charge on any atom is 0.223 e. The van der Waals surface area contributed by atoms with E-state index in [0.717, 1.165) is 31.2 Å². The lowest BCUT2D eigenvalue weighted by Crippen LogP contribution is -2.46. The molecule has 2 rings (SSSR count). The molecule has 3 atom stereocenters. The quantitative estimate of drug-likeness (QED) is 0.778. The van der Waals surface area contributed by atoms with Crippen molar-refractivity contribution in [3.05, 3.63) is 35.4 Å². The van der Waals surface area contributed by atoms with Gasteiger partial charge in [0.05, 0.1) is 6.26 Å². The molecule has 1 amide bonds. The fourth-order valence-corrected chi connectivity index (χ4v) is 4.32. The van der Waals surface area contributed by atoms with Gasteiger partial charge in [0.2, 0.25) is 15.9 Å². The minimum Gasteiger partial charge on any atom is -0.356 e. The van der Waals surface area contributed by atoms with Crippen molar-refractivity contribution in [2.45, 2.75) is 52.0 Å². The minimum atomic E-state index is -3.22. The van der Waals surface area contributed by atoms with E-state index in [0.29, 0.717) is 13.0 Å². The molecule has 1 saturated carbocycles. The second-order valence-corrected chi connectivity index (χ2v) is 9.16. The Hall–Kier alpha value is -1.40. The van der Waals surface area contributed by atoms with Crippen LogP contribution in [-0.4, -0.2) is 33.2 Å². The summed E-state index contributed by atoms with van der Waals surface area (Å²) in [5.41, 5.74) is 2.37. The van der Waals surface area contributed by atoms with Crippen LogP contribution in [0.25, 0.3) is 0 Å². The van der Waals surface area contributed by atoms with Crippen molar-refractivity contribution < 1.29 is 13.2 Å². The molecule has 0 saturated heterocycles. The van der Waals surface area contributed by atoms with E-state index in [-0.39, 0.29) is 23.8 Å². The fourth-order valence-electron chi connectivity index (χ4n) is 3.46. The number of aryl methyl sites for hydroxylation is 1. The van der Waals surface area contributed by atoms with Gasteiger partial charge < -0.3 is 5.32 Å². The highest BCUT2D eigenvalue weighted by Gasteiger charge is 2.28. The summed E-state index contributed by atoms with van der Waals surface area (Å²) in [5.74, 6) is 0.0934. The summed E-state index contributed by atoms with van der Waals surface area (Å²) < 4.78 is 25.8. The molecule has 1 aromatic rings. The molecule has 0 aromatic heterocycles. The minimum absolute atomic E-state index is 0.0317. The standard InChI is InChI=1S/C19H30N2O3S/c1-14-8-10-16(11-9-14)12-15(2)19(22)20-13-17-6-4-5-7-18(17)21-25(3,23)24/h8-11,15,17-18,21H,4-7,12-13H2,1-3H3,(H,20,22). The zero-order valence-electron chi connectivity index (χ0n) is 15.4. The molecule has 1 aliphatic carbocycles. The van der Waals surface area contributed by atoms with Gasteiger partial charge in [0.1, 0.15) is 0 Å². The van der Waals surface area contributed by atoms with Gasteiger partial charge in [-0.15, -0.1) is 0 Å². The van der Waals surface area contributed by atoms with Crippen LogP contribution in [0.5, 0.6) is 0 Å². The third kappa shape index (κ3) is 6.78. The Balaban J connectivity index is 1.85. The molecule has 1 fully saturated rings. The molecule has 140 valence electrons. The van der Waals surface area contributed by atoms with Crippen LogP contribution < -0.4 is 10.0 Å². The molecule has 0 radical (unpaired) electrons. The third-order valence-corrected chi connectivity index (χ3v) is 5.65. The Morgan fingerprint density at radius 2 is 1.84 bits per heavy atom. The van der Waals surface area contributed by atoms with Crippen LogP contribution in [0.3, 0.4) is 0 Å². The van der Waals surface area contributed by atoms with Gasteiger partial charge in [-0.3, -0.25) is 4.79 Å². The normalized spacial score (nSPS) is 22.4. The van der Waals surface area contributed by atoms with Crippen molar-refractivity contribution >= 4 is 15.9 Å². The van der Waals surface area contributed by atoms with Crippen molar-refractivity contribution in [2.75, 3.05) is 12.8 Å². The average Bonchev–Trinajstić information content (AvgIpc) is 2.54. The van der Waals surface area contributed by atoms with E-state index in [4.69, 9.17) is 0 Å². The van der Waals surface area contributed by atoms with Crippen molar-refractivity contribution in [1.82, 2.24) is 10.0 Å². The van der Waals surface area contributed by atoms with Gasteiger partial charge in [-0.1, -0.05) is 49.6 Å². The van der Waals surface area contributed by atoms with Crippen LogP contribution in [0.2, 0.25) is 0 Å². The first-order valence-corrected chi connectivity index (χ1v) is 10.9. The van der Waals surface area contributed by atoms with Gasteiger partial charge in [0.25, 0.3) is 0 Å². The number of benzene rings is 1. The molecule has 5 nitrogen and oxygen atoms in total. The number of carbonyl (C=O) groups excluding carboxylic acids is 1. The summed E-state index contributed by atoms with van der Waals surface area (Å²) in [6.45, 7) is 4.51. The number of hydrogen-bond donors (Lipinski definition) is 2. The van der Waals surface area contributed by atoms with E-state index in [2.05, 4.69) is 34.3 Å². The van der Waals surface area contributed by atoms with Crippen molar-refractivity contribution in [2.24, 2.45) is 11.8 Å². The van der Waals surface area contributed by atoms with Crippen LogP contribution >= 0.6 is 0 Å². The Bertz CT molecular complexity index is 670. The summed E-state index contributed by atoms with van der Waals surface area (Å²) in [6, 6.07) is 8.17. The third-order valence-electron chi connectivity index (χ3n) is 4.92. The Morgan fingerprint density at radius 3 is 2.48 bits per heavy atom. The fraction of sp³-hybridized carbons (Fsp3) is 0.632. The highest BCUT2D eigenvalue weighted by Crippen LogP contribution is 2.24. The van der Waals surface area contributed by atoms with Crippen LogP contribution in [0.4, 0.5) is 0 Å². The molecular formula is C19H30N2O3S. The van der Waals surface area contributed by atoms with E-state index in [9.17, 15) is 13.2 Å². The van der Waals surface area contributed by atoms with Gasteiger partial charge in [0.15, 0.2) is 0 Å². The molecule has 0 heterocycles. The summed E-state index contributed by atoms with van der Waals surface area (Å²) in [4.78, 5) is 12.4. The highest BCUT2D eigenvalue weighted by atomic mass is 32.2. The van der Waals surface area contributed by atoms with Gasteiger partial charge in [0, 0.05) is 18.5 Å². The number of carbonyl (C=O) groups is 1. The molecule has 6 heteroatoms. The second kappa shape index (κ2) is 8.81. The number of hydrogen-bond acceptors (Lipinski definition) is 3. The SMILES string of the molecule is Cc1ccc(CC(C)C(=O)NCC2CCCCC2NS(C)(=O)=O)cc1. The molecule has 0 aliphatic heterocycles. The summed E-state index contributed by atoms with van der Waals surface area (Å²) in [5, 5.41) is 3.03. The topological polar surface area (TPSA) is 75.3 Å². The first-order chi connectivity index (χ1) is 11.7. The molecule has 0 bridgehead atoms. The zero-order chi connectivity index (χ0) is 18.4. The maximum absolute atomic E-state index is 12.4.